The van der Waals surface area contributed by atoms with Crippen LogP contribution in [0.15, 0.2) is 65.6 Å². The summed E-state index contributed by atoms with van der Waals surface area (Å²) in [6.07, 6.45) is 1.19. The summed E-state index contributed by atoms with van der Waals surface area (Å²) in [6.45, 7) is 0.181. The zero-order valence-corrected chi connectivity index (χ0v) is 15.5. The van der Waals surface area contributed by atoms with Crippen molar-refractivity contribution in [2.45, 2.75) is 4.90 Å². The monoisotopic (exact) mass is 386 g/mol. The third kappa shape index (κ3) is 3.16. The molecule has 0 spiro atoms. The van der Waals surface area contributed by atoms with Crippen LogP contribution in [0.25, 0.3) is 22.3 Å². The van der Waals surface area contributed by atoms with Gasteiger partial charge >= 0.3 is 0 Å². The molecule has 0 aliphatic carbocycles. The van der Waals surface area contributed by atoms with Gasteiger partial charge in [0, 0.05) is 11.3 Å². The van der Waals surface area contributed by atoms with Crippen molar-refractivity contribution in [3.63, 3.8) is 0 Å². The van der Waals surface area contributed by atoms with Crippen LogP contribution in [0.4, 0.5) is 0 Å². The Balaban J connectivity index is 1.90. The Labute approximate surface area is 156 Å². The van der Waals surface area contributed by atoms with Gasteiger partial charge < -0.3 is 9.47 Å². The molecule has 4 rings (SSSR count). The maximum absolute atomic E-state index is 11.7. The first-order chi connectivity index (χ1) is 12.4. The van der Waals surface area contributed by atoms with E-state index in [1.54, 1.807) is 24.3 Å². The molecule has 0 atom stereocenters. The number of ether oxygens (including phenoxy) is 2. The Bertz CT molecular complexity index is 1090. The van der Waals surface area contributed by atoms with Crippen LogP contribution in [0.1, 0.15) is 0 Å². The van der Waals surface area contributed by atoms with E-state index in [1.165, 1.54) is 6.26 Å². The molecule has 1 aliphatic rings. The van der Waals surface area contributed by atoms with E-state index in [9.17, 15) is 8.42 Å². The summed E-state index contributed by atoms with van der Waals surface area (Å²) in [5, 5.41) is 0.638. The van der Waals surface area contributed by atoms with E-state index >= 15 is 0 Å². The number of rotatable bonds is 3. The van der Waals surface area contributed by atoms with Gasteiger partial charge in [-0.3, -0.25) is 0 Å². The second kappa shape index (κ2) is 6.34. The fraction of sp³-hybridized carbons (Fsp3) is 0.100. The molecule has 3 aromatic carbocycles. The van der Waals surface area contributed by atoms with Crippen molar-refractivity contribution < 1.29 is 17.9 Å². The van der Waals surface area contributed by atoms with Crippen molar-refractivity contribution in [3.05, 3.63) is 65.7 Å². The van der Waals surface area contributed by atoms with Gasteiger partial charge in [-0.15, -0.1) is 0 Å². The molecule has 1 heterocycles. The molecule has 6 heteroatoms. The summed E-state index contributed by atoms with van der Waals surface area (Å²) in [5.74, 6) is 1.34. The molecule has 0 saturated carbocycles. The average molecular weight is 387 g/mol. The third-order valence-corrected chi connectivity index (χ3v) is 5.61. The summed E-state index contributed by atoms with van der Waals surface area (Å²) in [7, 11) is -3.24. The highest BCUT2D eigenvalue weighted by molar-refractivity contribution is 7.90. The van der Waals surface area contributed by atoms with Crippen molar-refractivity contribution in [1.29, 1.82) is 0 Å². The molecule has 0 unspecified atom stereocenters. The topological polar surface area (TPSA) is 52.6 Å². The minimum Gasteiger partial charge on any atom is -0.454 e. The van der Waals surface area contributed by atoms with Gasteiger partial charge in [0.25, 0.3) is 0 Å². The Morgan fingerprint density at radius 2 is 1.46 bits per heavy atom. The number of fused-ring (bicyclic) bond motifs is 1. The summed E-state index contributed by atoms with van der Waals surface area (Å²) in [5.41, 5.74) is 3.67. The molecule has 0 amide bonds. The van der Waals surface area contributed by atoms with E-state index in [4.69, 9.17) is 21.1 Å². The van der Waals surface area contributed by atoms with Gasteiger partial charge in [-0.25, -0.2) is 8.42 Å². The van der Waals surface area contributed by atoms with Crippen molar-refractivity contribution >= 4 is 21.4 Å². The quantitative estimate of drug-likeness (QED) is 0.648. The maximum Gasteiger partial charge on any atom is 0.231 e. The smallest absolute Gasteiger partial charge is 0.231 e. The summed E-state index contributed by atoms with van der Waals surface area (Å²) in [6, 6.07) is 18.2. The van der Waals surface area contributed by atoms with Crippen LogP contribution in [-0.2, 0) is 9.84 Å². The molecular formula is C20H15ClO4S. The van der Waals surface area contributed by atoms with Gasteiger partial charge in [0.15, 0.2) is 21.3 Å². The zero-order valence-electron chi connectivity index (χ0n) is 13.9. The Morgan fingerprint density at radius 3 is 2.04 bits per heavy atom. The van der Waals surface area contributed by atoms with Crippen LogP contribution >= 0.6 is 11.6 Å². The molecule has 132 valence electrons. The lowest BCUT2D eigenvalue weighted by Crippen LogP contribution is -1.96. The predicted molar refractivity (Wildman–Crippen MR) is 102 cm³/mol. The van der Waals surface area contributed by atoms with E-state index < -0.39 is 9.84 Å². The second-order valence-electron chi connectivity index (χ2n) is 6.06. The van der Waals surface area contributed by atoms with E-state index in [0.717, 1.165) is 22.3 Å². The Morgan fingerprint density at radius 1 is 0.846 bits per heavy atom. The first kappa shape index (κ1) is 16.9. The van der Waals surface area contributed by atoms with E-state index in [0.29, 0.717) is 16.5 Å². The minimum atomic E-state index is -3.24. The molecule has 0 saturated heterocycles. The lowest BCUT2D eigenvalue weighted by atomic mass is 9.94. The molecule has 3 aromatic rings. The van der Waals surface area contributed by atoms with Crippen molar-refractivity contribution in [1.82, 2.24) is 0 Å². The fourth-order valence-electron chi connectivity index (χ4n) is 2.96. The molecule has 1 aliphatic heterocycles. The molecule has 26 heavy (non-hydrogen) atoms. The van der Waals surface area contributed by atoms with Gasteiger partial charge in [-0.05, 0) is 58.7 Å². The highest BCUT2D eigenvalue weighted by Crippen LogP contribution is 2.43. The minimum absolute atomic E-state index is 0.181. The normalized spacial score (nSPS) is 13.0. The molecule has 4 nitrogen and oxygen atoms in total. The van der Waals surface area contributed by atoms with Gasteiger partial charge in [0.05, 0.1) is 4.90 Å². The van der Waals surface area contributed by atoms with Crippen LogP contribution in [0.5, 0.6) is 11.5 Å². The van der Waals surface area contributed by atoms with Gasteiger partial charge in [0.1, 0.15) is 0 Å². The number of sulfone groups is 1. The Kier molecular flexibility index (Phi) is 4.13. The van der Waals surface area contributed by atoms with Crippen LogP contribution in [0.2, 0.25) is 5.02 Å². The fourth-order valence-corrected chi connectivity index (χ4v) is 3.78. The van der Waals surface area contributed by atoms with Crippen LogP contribution in [-0.4, -0.2) is 21.5 Å². The summed E-state index contributed by atoms with van der Waals surface area (Å²) in [4.78, 5) is 0.284. The second-order valence-corrected chi connectivity index (χ2v) is 8.51. The molecule has 0 aromatic heterocycles. The van der Waals surface area contributed by atoms with Crippen LogP contribution in [0.3, 0.4) is 0 Å². The van der Waals surface area contributed by atoms with E-state index in [2.05, 4.69) is 0 Å². The highest BCUT2D eigenvalue weighted by Gasteiger charge is 2.19. The maximum atomic E-state index is 11.7. The molecule has 0 N–H and O–H groups in total. The molecule has 0 bridgehead atoms. The zero-order chi connectivity index (χ0) is 18.3. The Hall–Kier alpha value is -2.50. The standard InChI is InChI=1S/C20H15ClO4S/c1-26(22,23)16-7-5-13(6-8-16)17-10-19-20(25-12-24-19)11-18(17)14-3-2-4-15(21)9-14/h2-11H,12H2,1H3. The largest absolute Gasteiger partial charge is 0.454 e. The van der Waals surface area contributed by atoms with Gasteiger partial charge in [0.2, 0.25) is 6.79 Å². The number of halogens is 1. The third-order valence-electron chi connectivity index (χ3n) is 4.24. The lowest BCUT2D eigenvalue weighted by molar-refractivity contribution is 0.174. The summed E-state index contributed by atoms with van der Waals surface area (Å²) < 4.78 is 34.4. The number of benzene rings is 3. The van der Waals surface area contributed by atoms with E-state index in [-0.39, 0.29) is 11.7 Å². The number of hydrogen-bond acceptors (Lipinski definition) is 4. The molecular weight excluding hydrogens is 372 g/mol. The first-order valence-electron chi connectivity index (χ1n) is 7.92. The molecule has 0 fully saturated rings. The average Bonchev–Trinajstić information content (AvgIpc) is 3.07. The summed E-state index contributed by atoms with van der Waals surface area (Å²) >= 11 is 6.16. The van der Waals surface area contributed by atoms with Crippen molar-refractivity contribution in [2.75, 3.05) is 13.0 Å². The lowest BCUT2D eigenvalue weighted by Gasteiger charge is -2.13. The predicted octanol–water partition coefficient (Wildman–Crippen LogP) is 4.81. The highest BCUT2D eigenvalue weighted by atomic mass is 35.5. The SMILES string of the molecule is CS(=O)(=O)c1ccc(-c2cc3c(cc2-c2cccc(Cl)c2)OCO3)cc1. The first-order valence-corrected chi connectivity index (χ1v) is 10.2. The van der Waals surface area contributed by atoms with Crippen LogP contribution in [0, 0.1) is 0 Å². The number of hydrogen-bond donors (Lipinski definition) is 0. The van der Waals surface area contributed by atoms with Crippen molar-refractivity contribution in [2.24, 2.45) is 0 Å². The molecule has 0 radical (unpaired) electrons. The van der Waals surface area contributed by atoms with Gasteiger partial charge in [-0.2, -0.15) is 0 Å². The van der Waals surface area contributed by atoms with E-state index in [1.807, 2.05) is 36.4 Å². The van der Waals surface area contributed by atoms with Crippen LogP contribution < -0.4 is 9.47 Å². The van der Waals surface area contributed by atoms with Crippen molar-refractivity contribution in [3.8, 4) is 33.8 Å². The van der Waals surface area contributed by atoms with Gasteiger partial charge in [-0.1, -0.05) is 35.9 Å².